The highest BCUT2D eigenvalue weighted by molar-refractivity contribution is 5.77. The topological polar surface area (TPSA) is 35.5 Å². The lowest BCUT2D eigenvalue weighted by atomic mass is 9.69. The maximum absolute atomic E-state index is 11.6. The summed E-state index contributed by atoms with van der Waals surface area (Å²) in [6.07, 6.45) is 6.32. The molecule has 80 valence electrons. The zero-order chi connectivity index (χ0) is 9.99. The Morgan fingerprint density at radius 1 is 1.40 bits per heavy atom. The molecule has 4 aliphatic rings. The van der Waals surface area contributed by atoms with Crippen LogP contribution in [0.25, 0.3) is 0 Å². The highest BCUT2D eigenvalue weighted by Gasteiger charge is 2.62. The average Bonchev–Trinajstić information content (AvgIpc) is 2.90. The molecule has 0 aromatic carbocycles. The Morgan fingerprint density at radius 2 is 2.33 bits per heavy atom. The molecular weight excluding hydrogens is 192 g/mol. The van der Waals surface area contributed by atoms with Gasteiger partial charge in [-0.15, -0.1) is 0 Å². The monoisotopic (exact) mass is 206 g/mol. The number of fused-ring (bicyclic) bond motifs is 8. The number of cyclic esters (lactones) is 1. The van der Waals surface area contributed by atoms with E-state index in [1.165, 1.54) is 18.4 Å². The first-order valence-corrected chi connectivity index (χ1v) is 5.88. The summed E-state index contributed by atoms with van der Waals surface area (Å²) in [6.45, 7) is 0.592. The number of ether oxygens (including phenoxy) is 2. The van der Waals surface area contributed by atoms with Crippen molar-refractivity contribution in [2.24, 2.45) is 17.8 Å². The van der Waals surface area contributed by atoms with E-state index < -0.39 is 0 Å². The van der Waals surface area contributed by atoms with Crippen molar-refractivity contribution in [3.8, 4) is 0 Å². The van der Waals surface area contributed by atoms with Crippen LogP contribution in [-0.4, -0.2) is 24.8 Å². The van der Waals surface area contributed by atoms with Crippen molar-refractivity contribution in [3.63, 3.8) is 0 Å². The summed E-state index contributed by atoms with van der Waals surface area (Å²) in [7, 11) is 0. The molecule has 15 heavy (non-hydrogen) atoms. The van der Waals surface area contributed by atoms with Gasteiger partial charge in [0, 0.05) is 11.8 Å². The van der Waals surface area contributed by atoms with Crippen LogP contribution in [0.15, 0.2) is 11.6 Å². The molecule has 3 heteroatoms. The van der Waals surface area contributed by atoms with Crippen molar-refractivity contribution in [2.75, 3.05) is 6.61 Å². The highest BCUT2D eigenvalue weighted by Crippen LogP contribution is 2.55. The summed E-state index contributed by atoms with van der Waals surface area (Å²) < 4.78 is 11.1. The van der Waals surface area contributed by atoms with Crippen molar-refractivity contribution in [2.45, 2.75) is 31.5 Å². The second kappa shape index (κ2) is 2.64. The molecule has 0 saturated carbocycles. The molecule has 3 nitrogen and oxygen atoms in total. The molecule has 2 bridgehead atoms. The molecule has 0 aromatic heterocycles. The van der Waals surface area contributed by atoms with Gasteiger partial charge in [0.1, 0.15) is 0 Å². The molecule has 4 rings (SSSR count). The van der Waals surface area contributed by atoms with Gasteiger partial charge >= 0.3 is 5.97 Å². The van der Waals surface area contributed by atoms with Crippen LogP contribution in [0.3, 0.4) is 0 Å². The first-order chi connectivity index (χ1) is 7.36. The molecule has 3 saturated heterocycles. The maximum atomic E-state index is 11.6. The lowest BCUT2D eigenvalue weighted by molar-refractivity contribution is -0.143. The minimum atomic E-state index is -0.0302. The summed E-state index contributed by atoms with van der Waals surface area (Å²) in [5.41, 5.74) is 1.41. The van der Waals surface area contributed by atoms with E-state index in [2.05, 4.69) is 6.08 Å². The number of esters is 1. The Kier molecular flexibility index (Phi) is 1.47. The molecule has 0 radical (unpaired) electrons. The molecule has 5 atom stereocenters. The van der Waals surface area contributed by atoms with Crippen LogP contribution in [0.5, 0.6) is 0 Å². The number of hydrogen-bond acceptors (Lipinski definition) is 3. The Bertz CT molecular complexity index is 360. The van der Waals surface area contributed by atoms with Gasteiger partial charge < -0.3 is 9.47 Å². The van der Waals surface area contributed by atoms with E-state index in [-0.39, 0.29) is 24.1 Å². The van der Waals surface area contributed by atoms with E-state index in [0.29, 0.717) is 18.4 Å². The second-order valence-electron chi connectivity index (χ2n) is 5.08. The first-order valence-electron chi connectivity index (χ1n) is 5.88. The number of hydrogen-bond donors (Lipinski definition) is 0. The van der Waals surface area contributed by atoms with Gasteiger partial charge in [0.25, 0.3) is 0 Å². The van der Waals surface area contributed by atoms with Gasteiger partial charge in [0.2, 0.25) is 0 Å². The predicted octanol–water partition coefficient (Wildman–Crippen LogP) is 1.28. The lowest BCUT2D eigenvalue weighted by Crippen LogP contribution is -2.36. The van der Waals surface area contributed by atoms with E-state index in [0.717, 1.165) is 6.42 Å². The normalized spacial score (nSPS) is 51.1. The average molecular weight is 206 g/mol. The SMILES string of the molecule is O=C1OCC2C3OC(C4=CCCCC43)C12. The number of rotatable bonds is 0. The number of carbonyl (C=O) groups excluding carboxylic acids is 1. The highest BCUT2D eigenvalue weighted by atomic mass is 16.6. The van der Waals surface area contributed by atoms with Crippen molar-refractivity contribution in [3.05, 3.63) is 11.6 Å². The molecule has 1 aliphatic carbocycles. The molecule has 0 amide bonds. The minimum absolute atomic E-state index is 0.0237. The summed E-state index contributed by atoms with van der Waals surface area (Å²) in [4.78, 5) is 11.6. The van der Waals surface area contributed by atoms with Gasteiger partial charge in [0.15, 0.2) is 0 Å². The van der Waals surface area contributed by atoms with Gasteiger partial charge in [-0.1, -0.05) is 6.08 Å². The second-order valence-corrected chi connectivity index (χ2v) is 5.08. The van der Waals surface area contributed by atoms with E-state index in [9.17, 15) is 4.79 Å². The number of carbonyl (C=O) groups is 1. The fourth-order valence-corrected chi connectivity index (χ4v) is 3.84. The molecule has 0 N–H and O–H groups in total. The maximum Gasteiger partial charge on any atom is 0.312 e. The van der Waals surface area contributed by atoms with Gasteiger partial charge in [-0.2, -0.15) is 0 Å². The largest absolute Gasteiger partial charge is 0.465 e. The van der Waals surface area contributed by atoms with Gasteiger partial charge in [-0.3, -0.25) is 4.79 Å². The standard InChI is InChI=1S/C12H14O3/c13-12-9-8(5-14-12)10-6-3-1-2-4-7(6)11(9)15-10/h4,6,8-11H,1-3,5H2. The predicted molar refractivity (Wildman–Crippen MR) is 52.0 cm³/mol. The van der Waals surface area contributed by atoms with Gasteiger partial charge in [-0.25, -0.2) is 0 Å². The summed E-state index contributed by atoms with van der Waals surface area (Å²) in [6, 6.07) is 0. The lowest BCUT2D eigenvalue weighted by Gasteiger charge is -2.30. The van der Waals surface area contributed by atoms with Crippen molar-refractivity contribution in [1.29, 1.82) is 0 Å². The third-order valence-corrected chi connectivity index (χ3v) is 4.46. The van der Waals surface area contributed by atoms with Crippen LogP contribution in [0.2, 0.25) is 0 Å². The fraction of sp³-hybridized carbons (Fsp3) is 0.750. The van der Waals surface area contributed by atoms with Crippen LogP contribution in [0.1, 0.15) is 19.3 Å². The Labute approximate surface area is 88.4 Å². The quantitative estimate of drug-likeness (QED) is 0.442. The molecule has 3 aliphatic heterocycles. The van der Waals surface area contributed by atoms with Gasteiger partial charge in [0.05, 0.1) is 24.7 Å². The van der Waals surface area contributed by atoms with Crippen LogP contribution < -0.4 is 0 Å². The van der Waals surface area contributed by atoms with E-state index >= 15 is 0 Å². The smallest absolute Gasteiger partial charge is 0.312 e. The molecule has 3 fully saturated rings. The van der Waals surface area contributed by atoms with Crippen molar-refractivity contribution < 1.29 is 14.3 Å². The van der Waals surface area contributed by atoms with Crippen LogP contribution >= 0.6 is 0 Å². The first kappa shape index (κ1) is 8.34. The van der Waals surface area contributed by atoms with E-state index in [1.807, 2.05) is 0 Å². The Morgan fingerprint density at radius 3 is 3.27 bits per heavy atom. The summed E-state index contributed by atoms with van der Waals surface area (Å²) in [5, 5.41) is 0. The third kappa shape index (κ3) is 0.882. The zero-order valence-electron chi connectivity index (χ0n) is 8.52. The molecular formula is C12H14O3. The van der Waals surface area contributed by atoms with Crippen molar-refractivity contribution >= 4 is 5.97 Å². The van der Waals surface area contributed by atoms with Crippen LogP contribution in [-0.2, 0) is 14.3 Å². The fourth-order valence-electron chi connectivity index (χ4n) is 3.84. The molecule has 5 unspecified atom stereocenters. The van der Waals surface area contributed by atoms with Crippen molar-refractivity contribution in [1.82, 2.24) is 0 Å². The molecule has 0 aromatic rings. The van der Waals surface area contributed by atoms with Crippen LogP contribution in [0, 0.1) is 17.8 Å². The van der Waals surface area contributed by atoms with Crippen LogP contribution in [0.4, 0.5) is 0 Å². The van der Waals surface area contributed by atoms with Gasteiger partial charge in [-0.05, 0) is 24.8 Å². The Hall–Kier alpha value is -0.830. The number of allylic oxidation sites excluding steroid dienone is 1. The minimum Gasteiger partial charge on any atom is -0.465 e. The molecule has 3 heterocycles. The summed E-state index contributed by atoms with van der Waals surface area (Å²) in [5.74, 6) is 0.940. The molecule has 0 spiro atoms. The van der Waals surface area contributed by atoms with E-state index in [4.69, 9.17) is 9.47 Å². The Balaban J connectivity index is 1.77. The summed E-state index contributed by atoms with van der Waals surface area (Å²) >= 11 is 0. The third-order valence-electron chi connectivity index (χ3n) is 4.46. The zero-order valence-corrected chi connectivity index (χ0v) is 8.52. The van der Waals surface area contributed by atoms with E-state index in [1.54, 1.807) is 0 Å².